The zero-order chi connectivity index (χ0) is 19.8. The molecule has 0 amide bonds. The van der Waals surface area contributed by atoms with Crippen LogP contribution in [0.2, 0.25) is 10.0 Å². The Morgan fingerprint density at radius 3 is 2.71 bits per heavy atom. The third-order valence-corrected chi connectivity index (χ3v) is 4.84. The van der Waals surface area contributed by atoms with Gasteiger partial charge in [0.25, 0.3) is 0 Å². The van der Waals surface area contributed by atoms with Gasteiger partial charge in [-0.3, -0.25) is 0 Å². The van der Waals surface area contributed by atoms with Gasteiger partial charge in [-0.15, -0.1) is 6.58 Å². The summed E-state index contributed by atoms with van der Waals surface area (Å²) in [5.41, 5.74) is 2.11. The van der Waals surface area contributed by atoms with Crippen molar-refractivity contribution < 1.29 is 9.30 Å². The van der Waals surface area contributed by atoms with Crippen molar-refractivity contribution in [2.75, 3.05) is 6.61 Å². The van der Waals surface area contributed by atoms with Crippen LogP contribution >= 0.6 is 23.2 Å². The Bertz CT molecular complexity index is 935. The number of hydrogen-bond acceptors (Lipinski definition) is 1. The van der Waals surface area contributed by atoms with Crippen molar-refractivity contribution in [3.8, 4) is 0 Å². The first-order chi connectivity index (χ1) is 13.7. The minimum absolute atomic E-state index is 0.191. The molecule has 0 N–H and O–H groups in total. The second-order valence-electron chi connectivity index (χ2n) is 6.40. The van der Waals surface area contributed by atoms with Gasteiger partial charge in [-0.05, 0) is 23.8 Å². The monoisotopic (exact) mass is 413 g/mol. The average Bonchev–Trinajstić information content (AvgIpc) is 3.13. The number of rotatable bonds is 9. The number of benzene rings is 2. The minimum atomic E-state index is -0.191. The van der Waals surface area contributed by atoms with Crippen LogP contribution in [0.15, 0.2) is 86.0 Å². The van der Waals surface area contributed by atoms with Gasteiger partial charge in [0.2, 0.25) is 6.33 Å². The molecule has 1 aromatic heterocycles. The molecule has 28 heavy (non-hydrogen) atoms. The minimum Gasteiger partial charge on any atom is -0.365 e. The van der Waals surface area contributed by atoms with E-state index < -0.39 is 0 Å². The van der Waals surface area contributed by atoms with Gasteiger partial charge in [0.1, 0.15) is 31.6 Å². The molecule has 3 aromatic rings. The molecule has 0 aliphatic heterocycles. The Hall–Kier alpha value is -2.33. The fraction of sp³-hybridized carbons (Fsp3) is 0.174. The van der Waals surface area contributed by atoms with Crippen molar-refractivity contribution >= 4 is 29.3 Å². The lowest BCUT2D eigenvalue weighted by molar-refractivity contribution is -0.686. The summed E-state index contributed by atoms with van der Waals surface area (Å²) in [5, 5.41) is 1.22. The summed E-state index contributed by atoms with van der Waals surface area (Å²) in [7, 11) is 0. The third kappa shape index (κ3) is 5.83. The van der Waals surface area contributed by atoms with Crippen molar-refractivity contribution in [3.63, 3.8) is 0 Å². The second-order valence-corrected chi connectivity index (χ2v) is 7.24. The Morgan fingerprint density at radius 2 is 1.96 bits per heavy atom. The molecule has 0 aliphatic rings. The molecular formula is C23H23Cl2N2O+. The van der Waals surface area contributed by atoms with Gasteiger partial charge in [0, 0.05) is 15.6 Å². The SMILES string of the molecule is C=CCOC(Cn1cc[n+](CC=Cc2ccccc2)c1)c1ccc(Cl)cc1Cl. The van der Waals surface area contributed by atoms with Gasteiger partial charge in [-0.1, -0.05) is 71.8 Å². The fourth-order valence-corrected chi connectivity index (χ4v) is 3.44. The molecule has 1 heterocycles. The topological polar surface area (TPSA) is 18.0 Å². The first kappa shape index (κ1) is 20.4. The van der Waals surface area contributed by atoms with E-state index in [2.05, 4.69) is 46.3 Å². The molecule has 3 nitrogen and oxygen atoms in total. The molecule has 0 saturated heterocycles. The summed E-state index contributed by atoms with van der Waals surface area (Å²) in [6.07, 6.45) is 11.9. The van der Waals surface area contributed by atoms with E-state index in [0.29, 0.717) is 23.2 Å². The van der Waals surface area contributed by atoms with Crippen LogP contribution in [0.5, 0.6) is 0 Å². The number of aromatic nitrogens is 2. The average molecular weight is 414 g/mol. The van der Waals surface area contributed by atoms with Gasteiger partial charge >= 0.3 is 0 Å². The molecule has 144 valence electrons. The predicted octanol–water partition coefficient (Wildman–Crippen LogP) is 5.74. The highest BCUT2D eigenvalue weighted by Crippen LogP contribution is 2.29. The Kier molecular flexibility index (Phi) is 7.49. The molecule has 0 saturated carbocycles. The summed E-state index contributed by atoms with van der Waals surface area (Å²) >= 11 is 12.4. The molecule has 0 spiro atoms. The second kappa shape index (κ2) is 10.3. The Morgan fingerprint density at radius 1 is 1.14 bits per heavy atom. The Labute approximate surface area is 176 Å². The van der Waals surface area contributed by atoms with Gasteiger partial charge in [0.15, 0.2) is 0 Å². The van der Waals surface area contributed by atoms with E-state index in [4.69, 9.17) is 27.9 Å². The lowest BCUT2D eigenvalue weighted by atomic mass is 10.1. The van der Waals surface area contributed by atoms with Crippen LogP contribution in [0.4, 0.5) is 0 Å². The summed E-state index contributed by atoms with van der Waals surface area (Å²) in [5.74, 6) is 0. The molecule has 3 rings (SSSR count). The number of ether oxygens (including phenoxy) is 1. The van der Waals surface area contributed by atoms with Crippen LogP contribution in [-0.4, -0.2) is 11.2 Å². The van der Waals surface area contributed by atoms with Gasteiger partial charge in [0.05, 0.1) is 6.61 Å². The number of nitrogens with zero attached hydrogens (tertiary/aromatic N) is 2. The standard InChI is InChI=1S/C23H23Cl2N2O/c1-2-15-28-23(21-11-10-20(24)16-22(21)25)17-27-14-13-26(18-27)12-6-9-19-7-4-3-5-8-19/h2-11,13-14,16,18,23H,1,12,15,17H2/q+1. The fourth-order valence-electron chi connectivity index (χ4n) is 2.91. The van der Waals surface area contributed by atoms with Crippen molar-refractivity contribution in [1.82, 2.24) is 4.57 Å². The summed E-state index contributed by atoms with van der Waals surface area (Å²) in [6.45, 7) is 5.62. The van der Waals surface area contributed by atoms with Crippen LogP contribution in [0.3, 0.4) is 0 Å². The number of halogens is 2. The van der Waals surface area contributed by atoms with Crippen LogP contribution in [0.25, 0.3) is 6.08 Å². The number of allylic oxidation sites excluding steroid dienone is 1. The largest absolute Gasteiger partial charge is 0.365 e. The summed E-state index contributed by atoms with van der Waals surface area (Å²) in [6, 6.07) is 15.8. The maximum Gasteiger partial charge on any atom is 0.244 e. The molecule has 5 heteroatoms. The van der Waals surface area contributed by atoms with Crippen molar-refractivity contribution in [3.05, 3.63) is 107 Å². The van der Waals surface area contributed by atoms with E-state index in [9.17, 15) is 0 Å². The first-order valence-electron chi connectivity index (χ1n) is 9.09. The zero-order valence-electron chi connectivity index (χ0n) is 15.5. The summed E-state index contributed by atoms with van der Waals surface area (Å²) in [4.78, 5) is 0. The van der Waals surface area contributed by atoms with Crippen LogP contribution in [0, 0.1) is 0 Å². The van der Waals surface area contributed by atoms with E-state index in [1.54, 1.807) is 12.1 Å². The van der Waals surface area contributed by atoms with E-state index in [-0.39, 0.29) is 6.10 Å². The summed E-state index contributed by atoms with van der Waals surface area (Å²) < 4.78 is 10.2. The maximum atomic E-state index is 6.39. The molecule has 0 radical (unpaired) electrons. The molecule has 1 atom stereocenters. The normalized spacial score (nSPS) is 12.4. The lowest BCUT2D eigenvalue weighted by Crippen LogP contribution is -2.30. The van der Waals surface area contributed by atoms with E-state index in [0.717, 1.165) is 12.1 Å². The molecular weight excluding hydrogens is 391 g/mol. The molecule has 0 fully saturated rings. The van der Waals surface area contributed by atoms with E-state index >= 15 is 0 Å². The number of imidazole rings is 1. The molecule has 0 aliphatic carbocycles. The predicted molar refractivity (Wildman–Crippen MR) is 115 cm³/mol. The van der Waals surface area contributed by atoms with Crippen molar-refractivity contribution in [2.45, 2.75) is 19.2 Å². The first-order valence-corrected chi connectivity index (χ1v) is 9.85. The highest BCUT2D eigenvalue weighted by atomic mass is 35.5. The lowest BCUT2D eigenvalue weighted by Gasteiger charge is -2.17. The quantitative estimate of drug-likeness (QED) is 0.323. The van der Waals surface area contributed by atoms with Crippen molar-refractivity contribution in [1.29, 1.82) is 0 Å². The Balaban J connectivity index is 1.68. The zero-order valence-corrected chi connectivity index (χ0v) is 17.1. The van der Waals surface area contributed by atoms with Crippen LogP contribution in [-0.2, 0) is 17.8 Å². The highest BCUT2D eigenvalue weighted by molar-refractivity contribution is 6.35. The van der Waals surface area contributed by atoms with Gasteiger partial charge in [-0.25, -0.2) is 9.13 Å². The molecule has 1 unspecified atom stereocenters. The maximum absolute atomic E-state index is 6.39. The molecule has 2 aromatic carbocycles. The van der Waals surface area contributed by atoms with Crippen LogP contribution in [0.1, 0.15) is 17.2 Å². The highest BCUT2D eigenvalue weighted by Gasteiger charge is 2.19. The smallest absolute Gasteiger partial charge is 0.244 e. The van der Waals surface area contributed by atoms with E-state index in [1.165, 1.54) is 5.56 Å². The third-order valence-electron chi connectivity index (χ3n) is 4.27. The molecule has 0 bridgehead atoms. The van der Waals surface area contributed by atoms with Gasteiger partial charge in [-0.2, -0.15) is 0 Å². The van der Waals surface area contributed by atoms with Gasteiger partial charge < -0.3 is 4.74 Å². The van der Waals surface area contributed by atoms with E-state index in [1.807, 2.05) is 42.7 Å². The van der Waals surface area contributed by atoms with Crippen LogP contribution < -0.4 is 4.57 Å². The van der Waals surface area contributed by atoms with Crippen molar-refractivity contribution in [2.24, 2.45) is 0 Å². The number of hydrogen-bond donors (Lipinski definition) is 0.